The zero-order valence-corrected chi connectivity index (χ0v) is 9.25. The Morgan fingerprint density at radius 1 is 1.47 bits per heavy atom. The molecule has 0 saturated heterocycles. The number of nitrogens with two attached hydrogens (primary N) is 1. The van der Waals surface area contributed by atoms with E-state index in [2.05, 4.69) is 0 Å². The highest BCUT2D eigenvalue weighted by molar-refractivity contribution is 7.85. The summed E-state index contributed by atoms with van der Waals surface area (Å²) in [5, 5.41) is 0.297. The van der Waals surface area contributed by atoms with E-state index in [0.717, 1.165) is 0 Å². The Morgan fingerprint density at radius 2 is 2.13 bits per heavy atom. The van der Waals surface area contributed by atoms with Crippen LogP contribution in [0.15, 0.2) is 18.2 Å². The molecule has 1 rings (SSSR count). The molecule has 15 heavy (non-hydrogen) atoms. The van der Waals surface area contributed by atoms with Gasteiger partial charge in [-0.05, 0) is 18.2 Å². The van der Waals surface area contributed by atoms with Crippen molar-refractivity contribution in [2.75, 3.05) is 18.1 Å². The first-order valence-electron chi connectivity index (χ1n) is 4.01. The largest absolute Gasteiger partial charge is 0.491 e. The van der Waals surface area contributed by atoms with E-state index in [1.54, 1.807) is 6.07 Å². The van der Waals surface area contributed by atoms with Crippen molar-refractivity contribution in [3.8, 4) is 5.75 Å². The predicted molar refractivity (Wildman–Crippen MR) is 57.8 cm³/mol. The van der Waals surface area contributed by atoms with Crippen LogP contribution in [0.3, 0.4) is 0 Å². The summed E-state index contributed by atoms with van der Waals surface area (Å²) in [6.07, 6.45) is 0. The first kappa shape index (κ1) is 12.1. The highest BCUT2D eigenvalue weighted by Gasteiger charge is 2.06. The maximum absolute atomic E-state index is 10.4. The van der Waals surface area contributed by atoms with Gasteiger partial charge in [0.1, 0.15) is 18.1 Å². The molecule has 5 nitrogen and oxygen atoms in total. The van der Waals surface area contributed by atoms with Gasteiger partial charge < -0.3 is 10.5 Å². The van der Waals surface area contributed by atoms with E-state index in [9.17, 15) is 8.42 Å². The lowest BCUT2D eigenvalue weighted by atomic mass is 10.3. The van der Waals surface area contributed by atoms with Gasteiger partial charge in [-0.25, -0.2) is 0 Å². The minimum atomic E-state index is -4.01. The SMILES string of the molecule is Nc1ccc(OCCS(=O)(=O)O)c(Cl)c1. The summed E-state index contributed by atoms with van der Waals surface area (Å²) in [5.74, 6) is -0.150. The Bertz CT molecular complexity index is 446. The van der Waals surface area contributed by atoms with Crippen LogP contribution >= 0.6 is 11.6 Å². The second-order valence-corrected chi connectivity index (χ2v) is 4.80. The fourth-order valence-corrected chi connectivity index (χ4v) is 1.43. The maximum Gasteiger partial charge on any atom is 0.268 e. The first-order valence-corrected chi connectivity index (χ1v) is 6.00. The molecule has 0 aliphatic heterocycles. The second-order valence-electron chi connectivity index (χ2n) is 2.82. The molecule has 1 aromatic rings. The Hall–Kier alpha value is -0.980. The van der Waals surface area contributed by atoms with Crippen LogP contribution in [-0.2, 0) is 10.1 Å². The summed E-state index contributed by atoms with van der Waals surface area (Å²) in [6, 6.07) is 4.60. The van der Waals surface area contributed by atoms with Crippen molar-refractivity contribution in [1.82, 2.24) is 0 Å². The Balaban J connectivity index is 2.59. The highest BCUT2D eigenvalue weighted by Crippen LogP contribution is 2.26. The summed E-state index contributed by atoms with van der Waals surface area (Å²) < 4.78 is 34.3. The number of ether oxygens (including phenoxy) is 1. The standard InChI is InChI=1S/C8H10ClNO4S/c9-7-5-6(10)1-2-8(7)14-3-4-15(11,12)13/h1-2,5H,3-4,10H2,(H,11,12,13). The van der Waals surface area contributed by atoms with Gasteiger partial charge in [0, 0.05) is 5.69 Å². The number of nitrogen functional groups attached to an aromatic ring is 1. The molecule has 3 N–H and O–H groups in total. The molecule has 0 aliphatic rings. The smallest absolute Gasteiger partial charge is 0.268 e. The molecule has 0 heterocycles. The molecule has 0 fully saturated rings. The summed E-state index contributed by atoms with van der Waals surface area (Å²) in [4.78, 5) is 0. The lowest BCUT2D eigenvalue weighted by Gasteiger charge is -2.07. The van der Waals surface area contributed by atoms with Crippen molar-refractivity contribution >= 4 is 27.4 Å². The predicted octanol–water partition coefficient (Wildman–Crippen LogP) is 1.19. The second kappa shape index (κ2) is 4.69. The third-order valence-corrected chi connectivity index (χ3v) is 2.53. The van der Waals surface area contributed by atoms with Crippen LogP contribution in [0.4, 0.5) is 5.69 Å². The average molecular weight is 252 g/mol. The van der Waals surface area contributed by atoms with Crippen LogP contribution in [-0.4, -0.2) is 25.3 Å². The zero-order chi connectivity index (χ0) is 11.5. The van der Waals surface area contributed by atoms with Gasteiger partial charge in [0.05, 0.1) is 5.02 Å². The number of hydrogen-bond donors (Lipinski definition) is 2. The molecule has 0 atom stereocenters. The van der Waals surface area contributed by atoms with Gasteiger partial charge >= 0.3 is 0 Å². The van der Waals surface area contributed by atoms with Gasteiger partial charge in [0.15, 0.2) is 0 Å². The third-order valence-electron chi connectivity index (χ3n) is 1.55. The van der Waals surface area contributed by atoms with Gasteiger partial charge in [-0.2, -0.15) is 8.42 Å². The van der Waals surface area contributed by atoms with Crippen molar-refractivity contribution in [3.63, 3.8) is 0 Å². The summed E-state index contributed by atoms with van der Waals surface area (Å²) >= 11 is 5.76. The molecule has 0 aromatic heterocycles. The Morgan fingerprint density at radius 3 is 2.67 bits per heavy atom. The quantitative estimate of drug-likeness (QED) is 0.620. The molecule has 0 spiro atoms. The third kappa shape index (κ3) is 4.37. The van der Waals surface area contributed by atoms with E-state index in [1.807, 2.05) is 0 Å². The molecule has 0 aliphatic carbocycles. The van der Waals surface area contributed by atoms with Gasteiger partial charge in [-0.15, -0.1) is 0 Å². The molecule has 7 heteroatoms. The van der Waals surface area contributed by atoms with Crippen molar-refractivity contribution in [3.05, 3.63) is 23.2 Å². The van der Waals surface area contributed by atoms with Gasteiger partial charge in [-0.3, -0.25) is 4.55 Å². The van der Waals surface area contributed by atoms with Crippen molar-refractivity contribution in [2.45, 2.75) is 0 Å². The topological polar surface area (TPSA) is 89.6 Å². The van der Waals surface area contributed by atoms with E-state index < -0.39 is 15.9 Å². The molecule has 0 radical (unpaired) electrons. The molecule has 0 unspecified atom stereocenters. The Kier molecular flexibility index (Phi) is 3.78. The fourth-order valence-electron chi connectivity index (χ4n) is 0.891. The minimum absolute atomic E-state index is 0.164. The van der Waals surface area contributed by atoms with Crippen LogP contribution in [0.25, 0.3) is 0 Å². The van der Waals surface area contributed by atoms with E-state index >= 15 is 0 Å². The lowest BCUT2D eigenvalue weighted by molar-refractivity contribution is 0.336. The van der Waals surface area contributed by atoms with Crippen LogP contribution in [0.1, 0.15) is 0 Å². The number of rotatable bonds is 4. The van der Waals surface area contributed by atoms with Crippen LogP contribution < -0.4 is 10.5 Å². The minimum Gasteiger partial charge on any atom is -0.491 e. The molecular formula is C8H10ClNO4S. The van der Waals surface area contributed by atoms with Crippen molar-refractivity contribution in [1.29, 1.82) is 0 Å². The fraction of sp³-hybridized carbons (Fsp3) is 0.250. The van der Waals surface area contributed by atoms with E-state index in [-0.39, 0.29) is 6.61 Å². The van der Waals surface area contributed by atoms with Crippen LogP contribution in [0.5, 0.6) is 5.75 Å². The molecule has 0 saturated carbocycles. The van der Waals surface area contributed by atoms with E-state index in [0.29, 0.717) is 16.5 Å². The summed E-state index contributed by atoms with van der Waals surface area (Å²) in [6.45, 7) is -0.164. The Labute approximate surface area is 92.5 Å². The monoisotopic (exact) mass is 251 g/mol. The molecule has 84 valence electrons. The van der Waals surface area contributed by atoms with Crippen LogP contribution in [0.2, 0.25) is 5.02 Å². The number of anilines is 1. The molecule has 1 aromatic carbocycles. The van der Waals surface area contributed by atoms with Gasteiger partial charge in [-0.1, -0.05) is 11.6 Å². The van der Waals surface area contributed by atoms with Gasteiger partial charge in [0.25, 0.3) is 10.1 Å². The van der Waals surface area contributed by atoms with Crippen molar-refractivity contribution in [2.24, 2.45) is 0 Å². The van der Waals surface area contributed by atoms with Crippen molar-refractivity contribution < 1.29 is 17.7 Å². The average Bonchev–Trinajstić information content (AvgIpc) is 2.07. The normalized spacial score (nSPS) is 11.3. The molecule has 0 amide bonds. The van der Waals surface area contributed by atoms with Gasteiger partial charge in [0.2, 0.25) is 0 Å². The lowest BCUT2D eigenvalue weighted by Crippen LogP contribution is -2.12. The van der Waals surface area contributed by atoms with E-state index in [1.165, 1.54) is 12.1 Å². The van der Waals surface area contributed by atoms with E-state index in [4.69, 9.17) is 26.6 Å². The summed E-state index contributed by atoms with van der Waals surface area (Å²) in [7, 11) is -4.01. The van der Waals surface area contributed by atoms with Crippen LogP contribution in [0, 0.1) is 0 Å². The number of benzene rings is 1. The number of hydrogen-bond acceptors (Lipinski definition) is 4. The first-order chi connectivity index (χ1) is 6.88. The highest BCUT2D eigenvalue weighted by atomic mass is 35.5. The maximum atomic E-state index is 10.4. The molecule has 0 bridgehead atoms. The number of halogens is 1. The summed E-state index contributed by atoms with van der Waals surface area (Å²) in [5.41, 5.74) is 5.94. The zero-order valence-electron chi connectivity index (χ0n) is 7.68. The molecular weight excluding hydrogens is 242 g/mol.